The fraction of sp³-hybridized carbons (Fsp3) is 0.353. The number of hydrogen-bond acceptors (Lipinski definition) is 3. The minimum absolute atomic E-state index is 0.556. The summed E-state index contributed by atoms with van der Waals surface area (Å²) >= 11 is 6.09. The highest BCUT2D eigenvalue weighted by molar-refractivity contribution is 6.31. The summed E-state index contributed by atoms with van der Waals surface area (Å²) in [6.45, 7) is 5.03. The molecule has 0 saturated heterocycles. The zero-order valence-electron chi connectivity index (χ0n) is 12.7. The van der Waals surface area contributed by atoms with Crippen LogP contribution in [0.2, 0.25) is 5.02 Å². The van der Waals surface area contributed by atoms with Crippen molar-refractivity contribution in [1.82, 2.24) is 10.3 Å². The van der Waals surface area contributed by atoms with Crippen LogP contribution in [-0.2, 0) is 6.54 Å². The van der Waals surface area contributed by atoms with Crippen LogP contribution >= 0.6 is 11.6 Å². The first-order valence-corrected chi connectivity index (χ1v) is 7.59. The Morgan fingerprint density at radius 2 is 1.90 bits per heavy atom. The quantitative estimate of drug-likeness (QED) is 0.835. The number of benzene rings is 1. The second kappa shape index (κ2) is 7.43. The predicted molar refractivity (Wildman–Crippen MR) is 87.2 cm³/mol. The molecular formula is C17H21ClN2O. The van der Waals surface area contributed by atoms with Crippen LogP contribution in [-0.4, -0.2) is 12.0 Å². The van der Waals surface area contributed by atoms with Gasteiger partial charge in [-0.05, 0) is 43.1 Å². The summed E-state index contributed by atoms with van der Waals surface area (Å²) in [6.07, 6.45) is 1.13. The van der Waals surface area contributed by atoms with Crippen LogP contribution in [0.1, 0.15) is 37.4 Å². The van der Waals surface area contributed by atoms with Crippen molar-refractivity contribution in [3.05, 3.63) is 52.7 Å². The molecule has 4 heteroatoms. The molecule has 112 valence electrons. The Morgan fingerprint density at radius 1 is 1.19 bits per heavy atom. The Hall–Kier alpha value is -1.58. The lowest BCUT2D eigenvalue weighted by molar-refractivity contribution is 0.459. The Balaban J connectivity index is 2.12. The summed E-state index contributed by atoms with van der Waals surface area (Å²) in [5.74, 6) is 1.91. The van der Waals surface area contributed by atoms with Crippen LogP contribution in [0, 0.1) is 0 Å². The average Bonchev–Trinajstić information content (AvgIpc) is 2.51. The molecule has 0 amide bonds. The van der Waals surface area contributed by atoms with Crippen LogP contribution in [0.5, 0.6) is 11.6 Å². The summed E-state index contributed by atoms with van der Waals surface area (Å²) in [5, 5.41) is 3.68. The maximum absolute atomic E-state index is 6.09. The molecule has 2 aromatic rings. The molecule has 0 radical (unpaired) electrons. The van der Waals surface area contributed by atoms with Crippen molar-refractivity contribution >= 4 is 11.6 Å². The van der Waals surface area contributed by atoms with Crippen LogP contribution in [0.3, 0.4) is 0 Å². The smallest absolute Gasteiger partial charge is 0.219 e. The molecule has 21 heavy (non-hydrogen) atoms. The first-order valence-electron chi connectivity index (χ1n) is 7.21. The zero-order chi connectivity index (χ0) is 15.2. The molecule has 0 bridgehead atoms. The number of ether oxygens (including phenoxy) is 1. The Bertz CT molecular complexity index is 584. The van der Waals surface area contributed by atoms with Crippen molar-refractivity contribution in [2.45, 2.75) is 32.7 Å². The van der Waals surface area contributed by atoms with Crippen molar-refractivity contribution in [1.29, 1.82) is 0 Å². The van der Waals surface area contributed by atoms with Gasteiger partial charge in [-0.3, -0.25) is 0 Å². The van der Waals surface area contributed by atoms with Gasteiger partial charge in [0.05, 0.1) is 10.7 Å². The standard InChI is InChI=1S/C17H21ClN2O/c1-4-12(2)13-5-7-14(8-6-13)21-17-10-9-15(18)16(20-17)11-19-3/h5-10,12,19H,4,11H2,1-3H3. The van der Waals surface area contributed by atoms with E-state index in [4.69, 9.17) is 16.3 Å². The average molecular weight is 305 g/mol. The SMILES string of the molecule is CCC(C)c1ccc(Oc2ccc(Cl)c(CNC)n2)cc1. The van der Waals surface area contributed by atoms with Gasteiger partial charge < -0.3 is 10.1 Å². The number of halogens is 1. The molecule has 1 heterocycles. The van der Waals surface area contributed by atoms with Gasteiger partial charge in [0.1, 0.15) is 5.75 Å². The first kappa shape index (κ1) is 15.8. The maximum atomic E-state index is 6.09. The lowest BCUT2D eigenvalue weighted by atomic mass is 9.99. The fourth-order valence-corrected chi connectivity index (χ4v) is 2.21. The van der Waals surface area contributed by atoms with Gasteiger partial charge in [0.2, 0.25) is 5.88 Å². The van der Waals surface area contributed by atoms with Gasteiger partial charge in [-0.1, -0.05) is 37.6 Å². The van der Waals surface area contributed by atoms with E-state index in [1.165, 1.54) is 5.56 Å². The normalized spacial score (nSPS) is 12.2. The van der Waals surface area contributed by atoms with Crippen LogP contribution in [0.4, 0.5) is 0 Å². The fourth-order valence-electron chi connectivity index (χ4n) is 2.03. The number of hydrogen-bond donors (Lipinski definition) is 1. The molecule has 1 N–H and O–H groups in total. The van der Waals surface area contributed by atoms with Crippen molar-refractivity contribution < 1.29 is 4.74 Å². The molecule has 0 fully saturated rings. The highest BCUT2D eigenvalue weighted by Crippen LogP contribution is 2.26. The third-order valence-corrected chi connectivity index (χ3v) is 3.87. The van der Waals surface area contributed by atoms with E-state index < -0.39 is 0 Å². The molecule has 0 aliphatic heterocycles. The van der Waals surface area contributed by atoms with Gasteiger partial charge in [-0.15, -0.1) is 0 Å². The Labute approximate surface area is 131 Å². The topological polar surface area (TPSA) is 34.1 Å². The molecule has 2 rings (SSSR count). The minimum atomic E-state index is 0.556. The summed E-state index contributed by atoms with van der Waals surface area (Å²) in [4.78, 5) is 4.41. The molecule has 0 saturated carbocycles. The van der Waals surface area contributed by atoms with E-state index in [-0.39, 0.29) is 0 Å². The summed E-state index contributed by atoms with van der Waals surface area (Å²) in [5.41, 5.74) is 2.11. The molecule has 0 aliphatic rings. The van der Waals surface area contributed by atoms with Gasteiger partial charge in [0.15, 0.2) is 0 Å². The number of nitrogens with zero attached hydrogens (tertiary/aromatic N) is 1. The number of pyridine rings is 1. The van der Waals surface area contributed by atoms with E-state index in [1.54, 1.807) is 6.07 Å². The molecular weight excluding hydrogens is 284 g/mol. The second-order valence-corrected chi connectivity index (χ2v) is 5.50. The summed E-state index contributed by atoms with van der Waals surface area (Å²) in [6, 6.07) is 11.8. The van der Waals surface area contributed by atoms with Gasteiger partial charge in [-0.2, -0.15) is 0 Å². The molecule has 1 aromatic heterocycles. The Kier molecular flexibility index (Phi) is 5.59. The van der Waals surface area contributed by atoms with Gasteiger partial charge in [-0.25, -0.2) is 4.98 Å². The van der Waals surface area contributed by atoms with E-state index in [1.807, 2.05) is 25.2 Å². The van der Waals surface area contributed by atoms with E-state index in [0.29, 0.717) is 23.4 Å². The van der Waals surface area contributed by atoms with E-state index >= 15 is 0 Å². The number of rotatable bonds is 6. The summed E-state index contributed by atoms with van der Waals surface area (Å²) < 4.78 is 5.79. The van der Waals surface area contributed by atoms with E-state index in [9.17, 15) is 0 Å². The van der Waals surface area contributed by atoms with Gasteiger partial charge in [0, 0.05) is 12.6 Å². The molecule has 1 atom stereocenters. The molecule has 0 spiro atoms. The number of nitrogens with one attached hydrogen (secondary N) is 1. The largest absolute Gasteiger partial charge is 0.439 e. The van der Waals surface area contributed by atoms with E-state index in [0.717, 1.165) is 17.9 Å². The highest BCUT2D eigenvalue weighted by Gasteiger charge is 2.06. The van der Waals surface area contributed by atoms with Crippen LogP contribution < -0.4 is 10.1 Å². The monoisotopic (exact) mass is 304 g/mol. The van der Waals surface area contributed by atoms with Gasteiger partial charge >= 0.3 is 0 Å². The van der Waals surface area contributed by atoms with Gasteiger partial charge in [0.25, 0.3) is 0 Å². The minimum Gasteiger partial charge on any atom is -0.439 e. The molecule has 1 unspecified atom stereocenters. The molecule has 3 nitrogen and oxygen atoms in total. The first-order chi connectivity index (χ1) is 10.1. The van der Waals surface area contributed by atoms with Crippen molar-refractivity contribution in [3.63, 3.8) is 0 Å². The highest BCUT2D eigenvalue weighted by atomic mass is 35.5. The third-order valence-electron chi connectivity index (χ3n) is 3.52. The van der Waals surface area contributed by atoms with Crippen molar-refractivity contribution in [3.8, 4) is 11.6 Å². The second-order valence-electron chi connectivity index (χ2n) is 5.09. The van der Waals surface area contributed by atoms with Crippen molar-refractivity contribution in [2.24, 2.45) is 0 Å². The van der Waals surface area contributed by atoms with Crippen molar-refractivity contribution in [2.75, 3.05) is 7.05 Å². The maximum Gasteiger partial charge on any atom is 0.219 e. The van der Waals surface area contributed by atoms with Crippen LogP contribution in [0.25, 0.3) is 0 Å². The molecule has 0 aliphatic carbocycles. The lowest BCUT2D eigenvalue weighted by Crippen LogP contribution is -2.07. The lowest BCUT2D eigenvalue weighted by Gasteiger charge is -2.11. The predicted octanol–water partition coefficient (Wildman–Crippen LogP) is 4.76. The summed E-state index contributed by atoms with van der Waals surface area (Å²) in [7, 11) is 1.86. The zero-order valence-corrected chi connectivity index (χ0v) is 13.4. The number of aromatic nitrogens is 1. The Morgan fingerprint density at radius 3 is 2.52 bits per heavy atom. The van der Waals surface area contributed by atoms with E-state index in [2.05, 4.69) is 36.3 Å². The van der Waals surface area contributed by atoms with Crippen LogP contribution in [0.15, 0.2) is 36.4 Å². The third kappa shape index (κ3) is 4.19. The molecule has 1 aromatic carbocycles.